The Morgan fingerprint density at radius 3 is 2.57 bits per heavy atom. The molecule has 3 rings (SSSR count). The Bertz CT molecular complexity index is 1040. The number of amides is 1. The van der Waals surface area contributed by atoms with Crippen LogP contribution in [0.5, 0.6) is 0 Å². The van der Waals surface area contributed by atoms with Gasteiger partial charge in [-0.3, -0.25) is 9.59 Å². The molecule has 0 fully saturated rings. The quantitative estimate of drug-likeness (QED) is 0.664. The third-order valence-electron chi connectivity index (χ3n) is 4.37. The predicted octanol–water partition coefficient (Wildman–Crippen LogP) is 2.90. The molecule has 0 radical (unpaired) electrons. The molecule has 146 valence electrons. The number of aromatic nitrogens is 3. The first-order valence-electron chi connectivity index (χ1n) is 8.50. The standard InChI is InChI=1S/C19H19ClN4O3S/c1-11(19(2,3)27)22-17(25)15-8-16(12-4-6-13(20)7-5-12)23-24(18(15)26)14-9-21-28-10-14/h4-11,27H,1-3H3,(H,22,25). The zero-order valence-electron chi connectivity index (χ0n) is 15.5. The van der Waals surface area contributed by atoms with Crippen LogP contribution in [0.2, 0.25) is 5.02 Å². The van der Waals surface area contributed by atoms with Crippen molar-refractivity contribution in [3.63, 3.8) is 0 Å². The Morgan fingerprint density at radius 1 is 1.32 bits per heavy atom. The monoisotopic (exact) mass is 418 g/mol. The molecule has 2 heterocycles. The Kier molecular flexibility index (Phi) is 5.64. The lowest BCUT2D eigenvalue weighted by atomic mass is 10.0. The average Bonchev–Trinajstić information content (AvgIpc) is 3.16. The Balaban J connectivity index is 2.12. The molecule has 0 saturated heterocycles. The fraction of sp³-hybridized carbons (Fsp3) is 0.263. The van der Waals surface area contributed by atoms with Gasteiger partial charge in [-0.2, -0.15) is 14.2 Å². The van der Waals surface area contributed by atoms with Crippen LogP contribution in [0.15, 0.2) is 46.7 Å². The summed E-state index contributed by atoms with van der Waals surface area (Å²) in [6.45, 7) is 4.83. The van der Waals surface area contributed by atoms with E-state index in [9.17, 15) is 14.7 Å². The molecule has 1 unspecified atom stereocenters. The topological polar surface area (TPSA) is 97.1 Å². The van der Waals surface area contributed by atoms with Crippen molar-refractivity contribution < 1.29 is 9.90 Å². The SMILES string of the molecule is CC(NC(=O)c1cc(-c2ccc(Cl)cc2)nn(-c2cnsc2)c1=O)C(C)(C)O. The van der Waals surface area contributed by atoms with Gasteiger partial charge in [0.25, 0.3) is 11.5 Å². The summed E-state index contributed by atoms with van der Waals surface area (Å²) in [5.74, 6) is -0.589. The smallest absolute Gasteiger partial charge is 0.284 e. The van der Waals surface area contributed by atoms with Crippen molar-refractivity contribution in [2.24, 2.45) is 0 Å². The maximum absolute atomic E-state index is 12.9. The summed E-state index contributed by atoms with van der Waals surface area (Å²) in [7, 11) is 0. The van der Waals surface area contributed by atoms with E-state index in [2.05, 4.69) is 14.8 Å². The number of halogens is 1. The van der Waals surface area contributed by atoms with Crippen molar-refractivity contribution in [3.05, 3.63) is 62.8 Å². The molecule has 0 spiro atoms. The highest BCUT2D eigenvalue weighted by molar-refractivity contribution is 7.03. The normalized spacial score (nSPS) is 12.6. The summed E-state index contributed by atoms with van der Waals surface area (Å²) in [5, 5.41) is 19.4. The van der Waals surface area contributed by atoms with Gasteiger partial charge in [0.15, 0.2) is 0 Å². The van der Waals surface area contributed by atoms with Gasteiger partial charge in [0, 0.05) is 16.0 Å². The molecule has 0 aliphatic carbocycles. The van der Waals surface area contributed by atoms with Crippen molar-refractivity contribution in [1.82, 2.24) is 19.5 Å². The van der Waals surface area contributed by atoms with Crippen LogP contribution in [-0.4, -0.2) is 36.8 Å². The first kappa shape index (κ1) is 20.2. The molecule has 0 saturated carbocycles. The lowest BCUT2D eigenvalue weighted by Crippen LogP contribution is -2.48. The molecule has 0 aliphatic heterocycles. The van der Waals surface area contributed by atoms with E-state index in [1.807, 2.05) is 0 Å². The number of nitrogens with one attached hydrogen (secondary N) is 1. The van der Waals surface area contributed by atoms with Gasteiger partial charge >= 0.3 is 0 Å². The summed E-state index contributed by atoms with van der Waals surface area (Å²) in [6.07, 6.45) is 1.51. The molecule has 9 heteroatoms. The first-order valence-corrected chi connectivity index (χ1v) is 9.71. The van der Waals surface area contributed by atoms with Gasteiger partial charge < -0.3 is 10.4 Å². The van der Waals surface area contributed by atoms with E-state index in [4.69, 9.17) is 11.6 Å². The van der Waals surface area contributed by atoms with Crippen molar-refractivity contribution in [1.29, 1.82) is 0 Å². The van der Waals surface area contributed by atoms with Gasteiger partial charge in [0.05, 0.1) is 29.2 Å². The maximum atomic E-state index is 12.9. The molecule has 1 aromatic carbocycles. The van der Waals surface area contributed by atoms with Crippen molar-refractivity contribution >= 4 is 29.0 Å². The van der Waals surface area contributed by atoms with E-state index in [1.165, 1.54) is 23.8 Å². The van der Waals surface area contributed by atoms with Crippen molar-refractivity contribution in [2.75, 3.05) is 0 Å². The summed E-state index contributed by atoms with van der Waals surface area (Å²) in [5.41, 5.74) is -0.191. The van der Waals surface area contributed by atoms with E-state index in [0.717, 1.165) is 4.68 Å². The van der Waals surface area contributed by atoms with Crippen LogP contribution in [0.3, 0.4) is 0 Å². The number of hydrogen-bond acceptors (Lipinski definition) is 6. The molecule has 0 bridgehead atoms. The number of aliphatic hydroxyl groups is 1. The van der Waals surface area contributed by atoms with E-state index in [0.29, 0.717) is 22.0 Å². The summed E-state index contributed by atoms with van der Waals surface area (Å²) in [6, 6.07) is 7.79. The molecule has 0 aliphatic rings. The van der Waals surface area contributed by atoms with E-state index in [-0.39, 0.29) is 5.56 Å². The van der Waals surface area contributed by atoms with Crippen LogP contribution in [0.1, 0.15) is 31.1 Å². The molecule has 7 nitrogen and oxygen atoms in total. The van der Waals surface area contributed by atoms with Crippen LogP contribution < -0.4 is 10.9 Å². The third-order valence-corrected chi connectivity index (χ3v) is 5.19. The van der Waals surface area contributed by atoms with Gasteiger partial charge in [-0.15, -0.1) is 0 Å². The van der Waals surface area contributed by atoms with Gasteiger partial charge in [-0.1, -0.05) is 23.7 Å². The maximum Gasteiger partial charge on any atom is 0.284 e. The second-order valence-electron chi connectivity index (χ2n) is 6.90. The molecular formula is C19H19ClN4O3S. The minimum Gasteiger partial charge on any atom is -0.388 e. The molecular weight excluding hydrogens is 400 g/mol. The number of carbonyl (C=O) groups is 1. The summed E-state index contributed by atoms with van der Waals surface area (Å²) >= 11 is 7.12. The zero-order valence-corrected chi connectivity index (χ0v) is 17.1. The molecule has 2 N–H and O–H groups in total. The molecule has 1 amide bonds. The molecule has 28 heavy (non-hydrogen) atoms. The second kappa shape index (κ2) is 7.83. The molecule has 3 aromatic rings. The molecule has 1 atom stereocenters. The number of benzene rings is 1. The fourth-order valence-corrected chi connectivity index (χ4v) is 2.97. The minimum absolute atomic E-state index is 0.0813. The highest BCUT2D eigenvalue weighted by Crippen LogP contribution is 2.20. The van der Waals surface area contributed by atoms with Crippen LogP contribution >= 0.6 is 23.1 Å². The number of carbonyl (C=O) groups excluding carboxylic acids is 1. The lowest BCUT2D eigenvalue weighted by molar-refractivity contribution is 0.0408. The highest BCUT2D eigenvalue weighted by atomic mass is 35.5. The van der Waals surface area contributed by atoms with Crippen LogP contribution in [-0.2, 0) is 0 Å². The Labute approximate surface area is 170 Å². The molecule has 2 aromatic heterocycles. The number of hydrogen-bond donors (Lipinski definition) is 2. The Morgan fingerprint density at radius 2 is 2.00 bits per heavy atom. The zero-order chi connectivity index (χ0) is 20.5. The highest BCUT2D eigenvalue weighted by Gasteiger charge is 2.26. The van der Waals surface area contributed by atoms with Crippen molar-refractivity contribution in [2.45, 2.75) is 32.4 Å². The van der Waals surface area contributed by atoms with Crippen LogP contribution in [0, 0.1) is 0 Å². The van der Waals surface area contributed by atoms with Crippen LogP contribution in [0.4, 0.5) is 0 Å². The lowest BCUT2D eigenvalue weighted by Gasteiger charge is -2.26. The minimum atomic E-state index is -1.14. The van der Waals surface area contributed by atoms with E-state index < -0.39 is 23.1 Å². The summed E-state index contributed by atoms with van der Waals surface area (Å²) < 4.78 is 5.15. The van der Waals surface area contributed by atoms with Gasteiger partial charge in [0.1, 0.15) is 5.56 Å². The van der Waals surface area contributed by atoms with Gasteiger partial charge in [-0.05, 0) is 50.5 Å². The average molecular weight is 419 g/mol. The van der Waals surface area contributed by atoms with E-state index >= 15 is 0 Å². The number of nitrogens with zero attached hydrogens (tertiary/aromatic N) is 3. The summed E-state index contributed by atoms with van der Waals surface area (Å²) in [4.78, 5) is 25.7. The Hall–Kier alpha value is -2.55. The fourth-order valence-electron chi connectivity index (χ4n) is 2.35. The second-order valence-corrected chi connectivity index (χ2v) is 7.99. The third kappa shape index (κ3) is 4.30. The van der Waals surface area contributed by atoms with E-state index in [1.54, 1.807) is 50.4 Å². The largest absolute Gasteiger partial charge is 0.388 e. The van der Waals surface area contributed by atoms with Gasteiger partial charge in [0.2, 0.25) is 0 Å². The van der Waals surface area contributed by atoms with Crippen LogP contribution in [0.25, 0.3) is 16.9 Å². The first-order chi connectivity index (χ1) is 13.2. The van der Waals surface area contributed by atoms with Gasteiger partial charge in [-0.25, -0.2) is 0 Å². The number of rotatable bonds is 5. The van der Waals surface area contributed by atoms with Crippen molar-refractivity contribution in [3.8, 4) is 16.9 Å². The predicted molar refractivity (Wildman–Crippen MR) is 109 cm³/mol.